The summed E-state index contributed by atoms with van der Waals surface area (Å²) in [6.07, 6.45) is 0. The van der Waals surface area contributed by atoms with Crippen molar-refractivity contribution < 1.29 is 19.2 Å². The van der Waals surface area contributed by atoms with Crippen LogP contribution in [0.25, 0.3) is 22.4 Å². The lowest BCUT2D eigenvalue weighted by Gasteiger charge is -2.22. The first-order valence-electron chi connectivity index (χ1n) is 13.2. The summed E-state index contributed by atoms with van der Waals surface area (Å²) in [4.78, 5) is 43.0. The molecule has 0 unspecified atom stereocenters. The summed E-state index contributed by atoms with van der Waals surface area (Å²) < 4.78 is 5.05. The highest BCUT2D eigenvalue weighted by molar-refractivity contribution is 8.00. The maximum Gasteiger partial charge on any atom is 0.326 e. The fourth-order valence-electron chi connectivity index (χ4n) is 4.29. The van der Waals surface area contributed by atoms with Crippen molar-refractivity contribution in [3.8, 4) is 28.5 Å². The van der Waals surface area contributed by atoms with Gasteiger partial charge in [-0.1, -0.05) is 71.4 Å². The van der Waals surface area contributed by atoms with Crippen LogP contribution >= 0.6 is 23.4 Å². The van der Waals surface area contributed by atoms with Crippen LogP contribution in [-0.4, -0.2) is 40.7 Å². The van der Waals surface area contributed by atoms with Gasteiger partial charge in [0.15, 0.2) is 0 Å². The van der Waals surface area contributed by atoms with Crippen LogP contribution in [0.3, 0.4) is 0 Å². The summed E-state index contributed by atoms with van der Waals surface area (Å²) in [6, 6.07) is 23.2. The molecular weight excluding hydrogens is 588 g/mol. The zero-order chi connectivity index (χ0) is 31.1. The molecule has 0 aliphatic heterocycles. The second-order valence-electron chi connectivity index (χ2n) is 9.52. The Morgan fingerprint density at radius 1 is 1.05 bits per heavy atom. The molecule has 0 radical (unpaired) electrons. The van der Waals surface area contributed by atoms with Crippen LogP contribution in [0.2, 0.25) is 5.02 Å². The van der Waals surface area contributed by atoms with Gasteiger partial charge in [-0.05, 0) is 50.6 Å². The normalized spacial score (nSPS) is 10.6. The summed E-state index contributed by atoms with van der Waals surface area (Å²) in [5.41, 5.74) is 4.58. The lowest BCUT2D eigenvalue weighted by molar-refractivity contribution is -0.385. The van der Waals surface area contributed by atoms with Crippen LogP contribution in [0.5, 0.6) is 0 Å². The highest BCUT2D eigenvalue weighted by Gasteiger charge is 2.24. The van der Waals surface area contributed by atoms with E-state index in [0.717, 1.165) is 33.4 Å². The van der Waals surface area contributed by atoms with E-state index in [1.54, 1.807) is 32.0 Å². The quantitative estimate of drug-likeness (QED) is 0.0797. The number of carbonyl (C=O) groups is 2. The van der Waals surface area contributed by atoms with Crippen molar-refractivity contribution in [2.24, 2.45) is 0 Å². The molecule has 0 N–H and O–H groups in total. The summed E-state index contributed by atoms with van der Waals surface area (Å²) in [7, 11) is 0. The molecule has 0 fully saturated rings. The molecule has 4 rings (SSSR count). The Bertz CT molecular complexity index is 1720. The molecule has 0 spiro atoms. The standard InChI is InChI=1S/C32H27ClN4O5S/c1-4-42-31(39)18-36(25-14-7-21(3)29(15-25)37(40)41)30(38)19-43-32-27(17-34)26(22-10-12-24(33)13-11-22)16-28(35-32)23-8-5-20(2)6-9-23/h5-16H,4,18-19H2,1-3H3. The number of nitriles is 1. The first kappa shape index (κ1) is 31.2. The highest BCUT2D eigenvalue weighted by atomic mass is 35.5. The number of rotatable bonds is 10. The minimum atomic E-state index is -0.661. The molecular formula is C32H27ClN4O5S. The predicted molar refractivity (Wildman–Crippen MR) is 167 cm³/mol. The SMILES string of the molecule is CCOC(=O)CN(C(=O)CSc1nc(-c2ccc(C)cc2)cc(-c2ccc(Cl)cc2)c1C#N)c1ccc(C)c([N+](=O)[O-])c1. The molecule has 1 aromatic heterocycles. The van der Waals surface area contributed by atoms with E-state index in [4.69, 9.17) is 21.3 Å². The predicted octanol–water partition coefficient (Wildman–Crippen LogP) is 7.15. The number of carbonyl (C=O) groups excluding carboxylic acids is 2. The van der Waals surface area contributed by atoms with Gasteiger partial charge in [-0.2, -0.15) is 5.26 Å². The number of anilines is 1. The van der Waals surface area contributed by atoms with E-state index in [-0.39, 0.29) is 29.3 Å². The topological polar surface area (TPSA) is 126 Å². The van der Waals surface area contributed by atoms with Gasteiger partial charge in [0.2, 0.25) is 5.91 Å². The van der Waals surface area contributed by atoms with Crippen LogP contribution < -0.4 is 4.90 Å². The van der Waals surface area contributed by atoms with E-state index < -0.39 is 23.3 Å². The molecule has 9 nitrogen and oxygen atoms in total. The van der Waals surface area contributed by atoms with Gasteiger partial charge in [-0.15, -0.1) is 0 Å². The van der Waals surface area contributed by atoms with Crippen LogP contribution in [0, 0.1) is 35.3 Å². The number of aryl methyl sites for hydroxylation is 2. The van der Waals surface area contributed by atoms with E-state index in [1.807, 2.05) is 49.4 Å². The maximum atomic E-state index is 13.6. The number of aromatic nitrogens is 1. The van der Waals surface area contributed by atoms with E-state index in [1.165, 1.54) is 12.1 Å². The molecule has 3 aromatic carbocycles. The first-order valence-corrected chi connectivity index (χ1v) is 14.6. The average molecular weight is 615 g/mol. The molecule has 11 heteroatoms. The van der Waals surface area contributed by atoms with Crippen molar-refractivity contribution >= 4 is 46.6 Å². The second-order valence-corrected chi connectivity index (χ2v) is 10.9. The Kier molecular flexibility index (Phi) is 10.1. The van der Waals surface area contributed by atoms with Crippen LogP contribution in [0.4, 0.5) is 11.4 Å². The fraction of sp³-hybridized carbons (Fsp3) is 0.188. The van der Waals surface area contributed by atoms with Gasteiger partial charge >= 0.3 is 5.97 Å². The van der Waals surface area contributed by atoms with Gasteiger partial charge in [-0.25, -0.2) is 4.98 Å². The first-order chi connectivity index (χ1) is 20.6. The summed E-state index contributed by atoms with van der Waals surface area (Å²) >= 11 is 7.15. The molecule has 0 atom stereocenters. The lowest BCUT2D eigenvalue weighted by atomic mass is 9.99. The highest BCUT2D eigenvalue weighted by Crippen LogP contribution is 2.35. The van der Waals surface area contributed by atoms with Crippen molar-refractivity contribution in [3.05, 3.63) is 105 Å². The molecule has 0 bridgehead atoms. The Hall–Kier alpha value is -4.72. The maximum absolute atomic E-state index is 13.6. The third-order valence-corrected chi connectivity index (χ3v) is 7.74. The molecule has 0 aliphatic rings. The van der Waals surface area contributed by atoms with E-state index in [2.05, 4.69) is 6.07 Å². The Morgan fingerprint density at radius 3 is 2.35 bits per heavy atom. The number of hydrogen-bond acceptors (Lipinski definition) is 8. The third-order valence-electron chi connectivity index (χ3n) is 6.53. The third kappa shape index (κ3) is 7.57. The van der Waals surface area contributed by atoms with Gasteiger partial charge in [0.05, 0.1) is 34.2 Å². The molecule has 1 heterocycles. The summed E-state index contributed by atoms with van der Waals surface area (Å²) in [5, 5.41) is 22.6. The number of halogens is 1. The van der Waals surface area contributed by atoms with Gasteiger partial charge in [0.25, 0.3) is 5.69 Å². The number of nitrogens with zero attached hydrogens (tertiary/aromatic N) is 4. The van der Waals surface area contributed by atoms with Gasteiger partial charge < -0.3 is 9.64 Å². The fourth-order valence-corrected chi connectivity index (χ4v) is 5.30. The Balaban J connectivity index is 1.74. The molecule has 218 valence electrons. The van der Waals surface area contributed by atoms with Crippen molar-refractivity contribution in [1.29, 1.82) is 5.26 Å². The number of hydrogen-bond donors (Lipinski definition) is 0. The zero-order valence-corrected chi connectivity index (χ0v) is 25.2. The smallest absolute Gasteiger partial charge is 0.326 e. The van der Waals surface area contributed by atoms with Gasteiger partial charge in [0, 0.05) is 27.8 Å². The minimum Gasteiger partial charge on any atom is -0.465 e. The molecule has 4 aromatic rings. The number of nitro benzene ring substituents is 1. The van der Waals surface area contributed by atoms with Crippen molar-refractivity contribution in [2.45, 2.75) is 25.8 Å². The molecule has 0 saturated heterocycles. The average Bonchev–Trinajstić information content (AvgIpc) is 2.99. The Labute approximate surface area is 258 Å². The molecule has 1 amide bonds. The lowest BCUT2D eigenvalue weighted by Crippen LogP contribution is -2.37. The second kappa shape index (κ2) is 14.0. The summed E-state index contributed by atoms with van der Waals surface area (Å²) in [5.74, 6) is -1.39. The number of esters is 1. The summed E-state index contributed by atoms with van der Waals surface area (Å²) in [6.45, 7) is 4.88. The Morgan fingerprint density at radius 2 is 1.72 bits per heavy atom. The molecule has 0 aliphatic carbocycles. The largest absolute Gasteiger partial charge is 0.465 e. The monoisotopic (exact) mass is 614 g/mol. The number of pyridine rings is 1. The van der Waals surface area contributed by atoms with Crippen LogP contribution in [0.15, 0.2) is 77.8 Å². The number of ether oxygens (including phenoxy) is 1. The van der Waals surface area contributed by atoms with E-state index >= 15 is 0 Å². The molecule has 43 heavy (non-hydrogen) atoms. The van der Waals surface area contributed by atoms with Crippen LogP contribution in [-0.2, 0) is 14.3 Å². The zero-order valence-electron chi connectivity index (χ0n) is 23.7. The van der Waals surface area contributed by atoms with Crippen molar-refractivity contribution in [1.82, 2.24) is 4.98 Å². The van der Waals surface area contributed by atoms with E-state index in [0.29, 0.717) is 26.9 Å². The van der Waals surface area contributed by atoms with E-state index in [9.17, 15) is 25.0 Å². The molecule has 0 saturated carbocycles. The van der Waals surface area contributed by atoms with Crippen molar-refractivity contribution in [2.75, 3.05) is 23.8 Å². The van der Waals surface area contributed by atoms with Gasteiger partial charge in [0.1, 0.15) is 17.6 Å². The van der Waals surface area contributed by atoms with Gasteiger partial charge in [-0.3, -0.25) is 19.7 Å². The number of benzene rings is 3. The number of amides is 1. The number of thioether (sulfide) groups is 1. The van der Waals surface area contributed by atoms with Crippen molar-refractivity contribution in [3.63, 3.8) is 0 Å². The number of nitro groups is 1. The van der Waals surface area contributed by atoms with Crippen LogP contribution in [0.1, 0.15) is 23.6 Å². The minimum absolute atomic E-state index is 0.110.